The van der Waals surface area contributed by atoms with Crippen LogP contribution < -0.4 is 5.32 Å². The molecule has 1 N–H and O–H groups in total. The number of aryl methyl sites for hydroxylation is 1. The third-order valence-corrected chi connectivity index (χ3v) is 4.98. The van der Waals surface area contributed by atoms with Crippen molar-refractivity contribution in [3.8, 4) is 0 Å². The molecule has 1 aromatic rings. The Bertz CT molecular complexity index is 373. The van der Waals surface area contributed by atoms with Crippen molar-refractivity contribution in [3.63, 3.8) is 0 Å². The first kappa shape index (κ1) is 13.0. The summed E-state index contributed by atoms with van der Waals surface area (Å²) < 4.78 is 0. The Morgan fingerprint density at radius 2 is 2.12 bits per heavy atom. The minimum absolute atomic E-state index is 0.438. The largest absolute Gasteiger partial charge is 0.309 e. The van der Waals surface area contributed by atoms with Gasteiger partial charge < -0.3 is 5.32 Å². The van der Waals surface area contributed by atoms with E-state index in [1.165, 1.54) is 29.1 Å². The van der Waals surface area contributed by atoms with Crippen LogP contribution in [0.15, 0.2) is 24.3 Å². The lowest BCUT2D eigenvalue weighted by Crippen LogP contribution is -2.46. The van der Waals surface area contributed by atoms with Crippen LogP contribution in [0.25, 0.3) is 0 Å². The number of benzene rings is 1. The van der Waals surface area contributed by atoms with Gasteiger partial charge in [-0.2, -0.15) is 11.8 Å². The number of nitrogens with one attached hydrogen (secondary N) is 1. The smallest absolute Gasteiger partial charge is 0.0212 e. The van der Waals surface area contributed by atoms with E-state index >= 15 is 0 Å². The molecule has 2 rings (SSSR count). The molecule has 17 heavy (non-hydrogen) atoms. The summed E-state index contributed by atoms with van der Waals surface area (Å²) in [5, 5.41) is 3.75. The molecule has 1 fully saturated rings. The quantitative estimate of drug-likeness (QED) is 0.878. The standard InChI is InChI=1S/C15H23NS/c1-12-6-4-5-7-13(12)10-16-14-11-17-9-8-15(14,2)3/h4-7,14,16H,8-11H2,1-3H3. The normalized spacial score (nSPS) is 23.6. The molecule has 0 amide bonds. The van der Waals surface area contributed by atoms with E-state index in [1.807, 2.05) is 0 Å². The van der Waals surface area contributed by atoms with Gasteiger partial charge >= 0.3 is 0 Å². The fourth-order valence-electron chi connectivity index (χ4n) is 2.31. The van der Waals surface area contributed by atoms with Crippen LogP contribution in [0.3, 0.4) is 0 Å². The molecule has 1 atom stereocenters. The predicted octanol–water partition coefficient (Wildman–Crippen LogP) is 3.62. The Hall–Kier alpha value is -0.470. The summed E-state index contributed by atoms with van der Waals surface area (Å²) >= 11 is 2.08. The van der Waals surface area contributed by atoms with Crippen LogP contribution in [0.1, 0.15) is 31.4 Å². The maximum Gasteiger partial charge on any atom is 0.0212 e. The van der Waals surface area contributed by atoms with Crippen molar-refractivity contribution in [2.75, 3.05) is 11.5 Å². The molecule has 1 aliphatic heterocycles. The summed E-state index contributed by atoms with van der Waals surface area (Å²) in [7, 11) is 0. The molecule has 2 heteroatoms. The lowest BCUT2D eigenvalue weighted by Gasteiger charge is -2.39. The van der Waals surface area contributed by atoms with Gasteiger partial charge in [-0.25, -0.2) is 0 Å². The Morgan fingerprint density at radius 3 is 2.82 bits per heavy atom. The molecular weight excluding hydrogens is 226 g/mol. The van der Waals surface area contributed by atoms with Gasteiger partial charge in [-0.3, -0.25) is 0 Å². The van der Waals surface area contributed by atoms with Gasteiger partial charge in [0.15, 0.2) is 0 Å². The summed E-state index contributed by atoms with van der Waals surface area (Å²) in [5.41, 5.74) is 3.26. The maximum atomic E-state index is 3.75. The number of hydrogen-bond donors (Lipinski definition) is 1. The number of thioether (sulfide) groups is 1. The van der Waals surface area contributed by atoms with Crippen molar-refractivity contribution in [2.24, 2.45) is 5.41 Å². The first-order chi connectivity index (χ1) is 8.09. The summed E-state index contributed by atoms with van der Waals surface area (Å²) in [6, 6.07) is 9.30. The molecule has 0 radical (unpaired) electrons. The first-order valence-electron chi connectivity index (χ1n) is 6.45. The Morgan fingerprint density at radius 1 is 1.35 bits per heavy atom. The van der Waals surface area contributed by atoms with Crippen molar-refractivity contribution in [3.05, 3.63) is 35.4 Å². The van der Waals surface area contributed by atoms with Crippen molar-refractivity contribution in [1.29, 1.82) is 0 Å². The van der Waals surface area contributed by atoms with E-state index in [4.69, 9.17) is 0 Å². The Balaban J connectivity index is 1.96. The molecule has 1 aromatic carbocycles. The average molecular weight is 249 g/mol. The minimum Gasteiger partial charge on any atom is -0.309 e. The molecular formula is C15H23NS. The van der Waals surface area contributed by atoms with Crippen LogP contribution in [0, 0.1) is 12.3 Å². The number of hydrogen-bond acceptors (Lipinski definition) is 2. The van der Waals surface area contributed by atoms with E-state index in [2.05, 4.69) is 62.1 Å². The van der Waals surface area contributed by atoms with Gasteiger partial charge in [-0.15, -0.1) is 0 Å². The van der Waals surface area contributed by atoms with E-state index in [0.29, 0.717) is 11.5 Å². The van der Waals surface area contributed by atoms with Gasteiger partial charge in [-0.1, -0.05) is 38.1 Å². The summed E-state index contributed by atoms with van der Waals surface area (Å²) in [5.74, 6) is 2.56. The monoisotopic (exact) mass is 249 g/mol. The molecule has 0 spiro atoms. The highest BCUT2D eigenvalue weighted by molar-refractivity contribution is 7.99. The van der Waals surface area contributed by atoms with Gasteiger partial charge in [0.25, 0.3) is 0 Å². The zero-order chi connectivity index (χ0) is 12.3. The SMILES string of the molecule is Cc1ccccc1CNC1CSCCC1(C)C. The molecule has 0 aromatic heterocycles. The molecule has 1 nitrogen and oxygen atoms in total. The molecule has 0 saturated carbocycles. The van der Waals surface area contributed by atoms with E-state index < -0.39 is 0 Å². The Labute approximate surface area is 109 Å². The fourth-order valence-corrected chi connectivity index (χ4v) is 3.95. The van der Waals surface area contributed by atoms with Crippen LogP contribution in [0.4, 0.5) is 0 Å². The van der Waals surface area contributed by atoms with Crippen LogP contribution >= 0.6 is 11.8 Å². The van der Waals surface area contributed by atoms with Crippen LogP contribution in [-0.4, -0.2) is 17.5 Å². The highest BCUT2D eigenvalue weighted by Gasteiger charge is 2.31. The lowest BCUT2D eigenvalue weighted by molar-refractivity contribution is 0.245. The Kier molecular flexibility index (Phi) is 4.16. The zero-order valence-corrected chi connectivity index (χ0v) is 11.9. The second-order valence-electron chi connectivity index (χ2n) is 5.67. The highest BCUT2D eigenvalue weighted by atomic mass is 32.2. The second-order valence-corrected chi connectivity index (χ2v) is 6.82. The van der Waals surface area contributed by atoms with Crippen molar-refractivity contribution in [2.45, 2.75) is 39.8 Å². The van der Waals surface area contributed by atoms with Crippen LogP contribution in [0.5, 0.6) is 0 Å². The van der Waals surface area contributed by atoms with Gasteiger partial charge in [-0.05, 0) is 35.6 Å². The maximum absolute atomic E-state index is 3.75. The van der Waals surface area contributed by atoms with Gasteiger partial charge in [0.2, 0.25) is 0 Å². The lowest BCUT2D eigenvalue weighted by atomic mass is 9.82. The van der Waals surface area contributed by atoms with Crippen LogP contribution in [-0.2, 0) is 6.54 Å². The first-order valence-corrected chi connectivity index (χ1v) is 7.61. The topological polar surface area (TPSA) is 12.0 Å². The summed E-state index contributed by atoms with van der Waals surface area (Å²) in [6.45, 7) is 7.98. The molecule has 1 unspecified atom stereocenters. The van der Waals surface area contributed by atoms with E-state index in [9.17, 15) is 0 Å². The summed E-state index contributed by atoms with van der Waals surface area (Å²) in [6.07, 6.45) is 1.32. The third kappa shape index (κ3) is 3.26. The van der Waals surface area contributed by atoms with Gasteiger partial charge in [0.1, 0.15) is 0 Å². The molecule has 94 valence electrons. The minimum atomic E-state index is 0.438. The molecule has 1 heterocycles. The molecule has 0 aliphatic carbocycles. The van der Waals surface area contributed by atoms with Crippen LogP contribution in [0.2, 0.25) is 0 Å². The van der Waals surface area contributed by atoms with Gasteiger partial charge in [0.05, 0.1) is 0 Å². The molecule has 0 bridgehead atoms. The second kappa shape index (κ2) is 5.45. The van der Waals surface area contributed by atoms with Crippen molar-refractivity contribution in [1.82, 2.24) is 5.32 Å². The third-order valence-electron chi connectivity index (χ3n) is 3.92. The highest BCUT2D eigenvalue weighted by Crippen LogP contribution is 2.34. The summed E-state index contributed by atoms with van der Waals surface area (Å²) in [4.78, 5) is 0. The van der Waals surface area contributed by atoms with Gasteiger partial charge in [0, 0.05) is 18.3 Å². The molecule has 1 saturated heterocycles. The fraction of sp³-hybridized carbons (Fsp3) is 0.600. The average Bonchev–Trinajstić information content (AvgIpc) is 2.29. The number of rotatable bonds is 3. The predicted molar refractivity (Wildman–Crippen MR) is 77.5 cm³/mol. The van der Waals surface area contributed by atoms with E-state index in [1.54, 1.807) is 0 Å². The van der Waals surface area contributed by atoms with E-state index in [-0.39, 0.29) is 0 Å². The van der Waals surface area contributed by atoms with E-state index in [0.717, 1.165) is 6.54 Å². The van der Waals surface area contributed by atoms with Crippen molar-refractivity contribution >= 4 is 11.8 Å². The zero-order valence-electron chi connectivity index (χ0n) is 11.1. The van der Waals surface area contributed by atoms with Crippen molar-refractivity contribution < 1.29 is 0 Å². The molecule has 1 aliphatic rings.